The Morgan fingerprint density at radius 2 is 1.74 bits per heavy atom. The quantitative estimate of drug-likeness (QED) is 0.396. The molecule has 96 valence electrons. The van der Waals surface area contributed by atoms with Crippen molar-refractivity contribution in [2.45, 2.75) is 0 Å². The number of hydrogen-bond acceptors (Lipinski definition) is 3. The van der Waals surface area contributed by atoms with Gasteiger partial charge in [-0.25, -0.2) is 0 Å². The zero-order valence-electron chi connectivity index (χ0n) is 10.4. The second-order valence-electron chi connectivity index (χ2n) is 3.84. The van der Waals surface area contributed by atoms with Crippen molar-refractivity contribution in [2.75, 3.05) is 12.4 Å². The van der Waals surface area contributed by atoms with Gasteiger partial charge in [-0.1, -0.05) is 30.3 Å². The summed E-state index contributed by atoms with van der Waals surface area (Å²) in [6, 6.07) is 15.9. The highest BCUT2D eigenvalue weighted by Crippen LogP contribution is 2.19. The van der Waals surface area contributed by atoms with Crippen molar-refractivity contribution >= 4 is 17.2 Å². The predicted octanol–water partition coefficient (Wildman–Crippen LogP) is 3.08. The van der Waals surface area contributed by atoms with Gasteiger partial charge in [0.1, 0.15) is 5.84 Å². The van der Waals surface area contributed by atoms with E-state index in [4.69, 9.17) is 0 Å². The minimum Gasteiger partial charge on any atom is -0.340 e. The molecule has 2 aromatic carbocycles. The predicted molar refractivity (Wildman–Crippen MR) is 75.6 cm³/mol. The fourth-order valence-corrected chi connectivity index (χ4v) is 1.73. The molecule has 0 aromatic heterocycles. The highest BCUT2D eigenvalue weighted by Gasteiger charge is 2.16. The normalized spacial score (nSPS) is 11.1. The molecule has 5 heteroatoms. The van der Waals surface area contributed by atoms with Gasteiger partial charge in [0.15, 0.2) is 0 Å². The van der Waals surface area contributed by atoms with Crippen LogP contribution in [0.4, 0.5) is 11.4 Å². The van der Waals surface area contributed by atoms with Gasteiger partial charge in [0, 0.05) is 18.8 Å². The van der Waals surface area contributed by atoms with E-state index in [0.29, 0.717) is 11.4 Å². The third-order valence-corrected chi connectivity index (χ3v) is 2.62. The van der Waals surface area contributed by atoms with Crippen molar-refractivity contribution in [3.63, 3.8) is 0 Å². The van der Waals surface area contributed by atoms with Crippen LogP contribution in [-0.2, 0) is 0 Å². The van der Waals surface area contributed by atoms with E-state index in [-0.39, 0.29) is 5.69 Å². The number of nitrogens with zero attached hydrogens (tertiary/aromatic N) is 2. The molecule has 0 aliphatic rings. The molecule has 5 nitrogen and oxygen atoms in total. The van der Waals surface area contributed by atoms with Crippen molar-refractivity contribution in [1.82, 2.24) is 0 Å². The summed E-state index contributed by atoms with van der Waals surface area (Å²) < 4.78 is 0. The van der Waals surface area contributed by atoms with Gasteiger partial charge in [0.05, 0.1) is 10.5 Å². The Labute approximate surface area is 110 Å². The molecular formula is C14H13N3O2. The Balaban J connectivity index is 2.36. The SMILES string of the molecule is CN=C(Nc1ccccc1)c1ccccc1[N+](=O)[O-]. The van der Waals surface area contributed by atoms with E-state index < -0.39 is 4.92 Å². The van der Waals surface area contributed by atoms with Gasteiger partial charge >= 0.3 is 0 Å². The number of hydrogen-bond donors (Lipinski definition) is 1. The summed E-state index contributed by atoms with van der Waals surface area (Å²) in [5.74, 6) is 0.471. The standard InChI is InChI=1S/C14H13N3O2/c1-15-14(16-11-7-3-2-4-8-11)12-9-5-6-10-13(12)17(18)19/h2-10H,1H3,(H,15,16). The van der Waals surface area contributed by atoms with E-state index in [1.807, 2.05) is 30.3 Å². The third kappa shape index (κ3) is 2.95. The summed E-state index contributed by atoms with van der Waals surface area (Å²) in [6.45, 7) is 0. The Bertz CT molecular complexity index is 609. The van der Waals surface area contributed by atoms with Crippen LogP contribution in [0.1, 0.15) is 5.56 Å². The summed E-state index contributed by atoms with van der Waals surface area (Å²) in [5.41, 5.74) is 1.34. The van der Waals surface area contributed by atoms with Gasteiger partial charge in [-0.2, -0.15) is 0 Å². The van der Waals surface area contributed by atoms with Crippen LogP contribution < -0.4 is 5.32 Å². The minimum absolute atomic E-state index is 0.0338. The average molecular weight is 255 g/mol. The van der Waals surface area contributed by atoms with Crippen LogP contribution in [0, 0.1) is 10.1 Å². The molecule has 0 saturated heterocycles. The van der Waals surface area contributed by atoms with E-state index in [2.05, 4.69) is 10.3 Å². The average Bonchev–Trinajstić information content (AvgIpc) is 2.46. The fourth-order valence-electron chi connectivity index (χ4n) is 1.73. The maximum atomic E-state index is 11.0. The lowest BCUT2D eigenvalue weighted by atomic mass is 10.1. The third-order valence-electron chi connectivity index (χ3n) is 2.62. The summed E-state index contributed by atoms with van der Waals surface area (Å²) >= 11 is 0. The molecule has 0 radical (unpaired) electrons. The number of nitrogens with one attached hydrogen (secondary N) is 1. The molecule has 2 rings (SSSR count). The van der Waals surface area contributed by atoms with Crippen LogP contribution >= 0.6 is 0 Å². The van der Waals surface area contributed by atoms with Gasteiger partial charge < -0.3 is 5.32 Å². The van der Waals surface area contributed by atoms with Crippen LogP contribution in [0.5, 0.6) is 0 Å². The topological polar surface area (TPSA) is 67.5 Å². The number of nitro groups is 1. The molecule has 0 atom stereocenters. The zero-order valence-corrected chi connectivity index (χ0v) is 10.4. The number of benzene rings is 2. The highest BCUT2D eigenvalue weighted by atomic mass is 16.6. The van der Waals surface area contributed by atoms with Crippen LogP contribution in [0.25, 0.3) is 0 Å². The van der Waals surface area contributed by atoms with Gasteiger partial charge in [0.25, 0.3) is 5.69 Å². The van der Waals surface area contributed by atoms with E-state index in [1.54, 1.807) is 25.2 Å². The van der Waals surface area contributed by atoms with E-state index in [9.17, 15) is 10.1 Å². The summed E-state index contributed by atoms with van der Waals surface area (Å²) in [5, 5.41) is 14.1. The highest BCUT2D eigenvalue weighted by molar-refractivity contribution is 6.10. The molecule has 19 heavy (non-hydrogen) atoms. The Morgan fingerprint density at radius 3 is 2.37 bits per heavy atom. The molecule has 0 fully saturated rings. The summed E-state index contributed by atoms with van der Waals surface area (Å²) in [6.07, 6.45) is 0. The van der Waals surface area contributed by atoms with Crippen molar-refractivity contribution in [2.24, 2.45) is 4.99 Å². The Kier molecular flexibility index (Phi) is 3.87. The number of anilines is 1. The van der Waals surface area contributed by atoms with Crippen LogP contribution in [0.3, 0.4) is 0 Å². The number of rotatable bonds is 3. The molecule has 0 heterocycles. The molecule has 1 N–H and O–H groups in total. The molecule has 0 bridgehead atoms. The van der Waals surface area contributed by atoms with Gasteiger partial charge in [-0.05, 0) is 18.2 Å². The van der Waals surface area contributed by atoms with Crippen LogP contribution in [-0.4, -0.2) is 17.8 Å². The van der Waals surface area contributed by atoms with Crippen molar-refractivity contribution in [3.8, 4) is 0 Å². The Hall–Kier alpha value is -2.69. The second kappa shape index (κ2) is 5.77. The van der Waals surface area contributed by atoms with Crippen LogP contribution in [0.15, 0.2) is 59.6 Å². The maximum absolute atomic E-state index is 11.0. The number of amidine groups is 1. The molecule has 0 aliphatic carbocycles. The van der Waals surface area contributed by atoms with Crippen molar-refractivity contribution < 1.29 is 4.92 Å². The molecular weight excluding hydrogens is 242 g/mol. The summed E-state index contributed by atoms with van der Waals surface area (Å²) in [4.78, 5) is 14.7. The van der Waals surface area contributed by atoms with Crippen LogP contribution in [0.2, 0.25) is 0 Å². The maximum Gasteiger partial charge on any atom is 0.280 e. The monoisotopic (exact) mass is 255 g/mol. The molecule has 0 unspecified atom stereocenters. The minimum atomic E-state index is -0.410. The van der Waals surface area contributed by atoms with Crippen molar-refractivity contribution in [1.29, 1.82) is 0 Å². The molecule has 0 saturated carbocycles. The lowest BCUT2D eigenvalue weighted by molar-refractivity contribution is -0.385. The van der Waals surface area contributed by atoms with Gasteiger partial charge in [-0.15, -0.1) is 0 Å². The first-order valence-corrected chi connectivity index (χ1v) is 5.75. The second-order valence-corrected chi connectivity index (χ2v) is 3.84. The first-order valence-electron chi connectivity index (χ1n) is 5.75. The van der Waals surface area contributed by atoms with E-state index >= 15 is 0 Å². The van der Waals surface area contributed by atoms with Crippen molar-refractivity contribution in [3.05, 3.63) is 70.3 Å². The first-order chi connectivity index (χ1) is 9.22. The number of para-hydroxylation sites is 2. The first kappa shape index (κ1) is 12.8. The Morgan fingerprint density at radius 1 is 1.11 bits per heavy atom. The van der Waals surface area contributed by atoms with E-state index in [1.165, 1.54) is 6.07 Å². The van der Waals surface area contributed by atoms with Gasteiger partial charge in [-0.3, -0.25) is 15.1 Å². The smallest absolute Gasteiger partial charge is 0.280 e. The lowest BCUT2D eigenvalue weighted by Crippen LogP contribution is -2.15. The lowest BCUT2D eigenvalue weighted by Gasteiger charge is -2.09. The largest absolute Gasteiger partial charge is 0.340 e. The molecule has 2 aromatic rings. The molecule has 0 amide bonds. The fraction of sp³-hybridized carbons (Fsp3) is 0.0714. The van der Waals surface area contributed by atoms with E-state index in [0.717, 1.165) is 5.69 Å². The number of aliphatic imine (C=N–C) groups is 1. The number of nitro benzene ring substituents is 1. The summed E-state index contributed by atoms with van der Waals surface area (Å²) in [7, 11) is 1.60. The van der Waals surface area contributed by atoms with Gasteiger partial charge in [0.2, 0.25) is 0 Å². The molecule has 0 spiro atoms. The zero-order chi connectivity index (χ0) is 13.7. The molecule has 0 aliphatic heterocycles.